The summed E-state index contributed by atoms with van der Waals surface area (Å²) in [6, 6.07) is 6.00. The summed E-state index contributed by atoms with van der Waals surface area (Å²) in [6.45, 7) is -0.358. The Hall–Kier alpha value is -3.10. The van der Waals surface area contributed by atoms with Crippen LogP contribution in [0.2, 0.25) is 0 Å². The van der Waals surface area contributed by atoms with Crippen LogP contribution in [0.3, 0.4) is 0 Å². The van der Waals surface area contributed by atoms with Gasteiger partial charge in [-0.2, -0.15) is 0 Å². The highest BCUT2D eigenvalue weighted by molar-refractivity contribution is 6.33. The summed E-state index contributed by atoms with van der Waals surface area (Å²) in [6.07, 6.45) is 0. The molecule has 4 rings (SSSR count). The number of carbonyl (C=O) groups is 4. The molecule has 0 atom stereocenters. The molecule has 0 saturated carbocycles. The van der Waals surface area contributed by atoms with Crippen molar-refractivity contribution < 1.29 is 28.7 Å². The Balaban J connectivity index is 2.02. The van der Waals surface area contributed by atoms with Gasteiger partial charge in [0.05, 0.1) is 0 Å². The lowest BCUT2D eigenvalue weighted by Gasteiger charge is -2.31. The molecule has 2 aromatic rings. The van der Waals surface area contributed by atoms with Crippen LogP contribution in [-0.4, -0.2) is 61.1 Å². The average Bonchev–Trinajstić information content (AvgIpc) is 2.64. The lowest BCUT2D eigenvalue weighted by Crippen LogP contribution is -2.44. The molecular weight excluding hydrogens is 340 g/mol. The van der Waals surface area contributed by atoms with Gasteiger partial charge in [0, 0.05) is 47.2 Å². The van der Waals surface area contributed by atoms with Gasteiger partial charge in [-0.25, -0.2) is 0 Å². The molecular formula is C18H14N2O6. The predicted octanol–water partition coefficient (Wildman–Crippen LogP) is 1.24. The number of carbonyl (C=O) groups excluding carboxylic acids is 4. The van der Waals surface area contributed by atoms with Gasteiger partial charge in [-0.3, -0.25) is 29.0 Å². The second-order valence-corrected chi connectivity index (χ2v) is 5.98. The minimum absolute atomic E-state index is 0.179. The molecule has 2 heterocycles. The summed E-state index contributed by atoms with van der Waals surface area (Å²) >= 11 is 0. The van der Waals surface area contributed by atoms with E-state index < -0.39 is 23.6 Å². The van der Waals surface area contributed by atoms with Crippen LogP contribution in [0.1, 0.15) is 41.4 Å². The molecule has 8 heteroatoms. The van der Waals surface area contributed by atoms with Crippen molar-refractivity contribution >= 4 is 34.4 Å². The van der Waals surface area contributed by atoms with E-state index in [0.29, 0.717) is 10.8 Å². The highest BCUT2D eigenvalue weighted by Gasteiger charge is 2.39. The van der Waals surface area contributed by atoms with E-state index in [4.69, 9.17) is 9.47 Å². The molecule has 0 saturated heterocycles. The molecule has 0 radical (unpaired) electrons. The fourth-order valence-electron chi connectivity index (χ4n) is 3.47. The van der Waals surface area contributed by atoms with Crippen molar-refractivity contribution in [2.24, 2.45) is 0 Å². The second kappa shape index (κ2) is 5.72. The summed E-state index contributed by atoms with van der Waals surface area (Å²) < 4.78 is 9.89. The van der Waals surface area contributed by atoms with Crippen LogP contribution >= 0.6 is 0 Å². The Morgan fingerprint density at radius 1 is 0.615 bits per heavy atom. The quantitative estimate of drug-likeness (QED) is 0.767. The van der Waals surface area contributed by atoms with Crippen molar-refractivity contribution in [3.63, 3.8) is 0 Å². The molecule has 8 nitrogen and oxygen atoms in total. The largest absolute Gasteiger partial charge is 0.364 e. The number of hydrogen-bond acceptors (Lipinski definition) is 6. The van der Waals surface area contributed by atoms with E-state index in [0.717, 1.165) is 9.80 Å². The third-order valence-corrected chi connectivity index (χ3v) is 4.58. The molecule has 2 aliphatic rings. The zero-order chi connectivity index (χ0) is 18.6. The third-order valence-electron chi connectivity index (χ3n) is 4.58. The summed E-state index contributed by atoms with van der Waals surface area (Å²) in [5.74, 6) is -2.08. The van der Waals surface area contributed by atoms with E-state index in [1.54, 1.807) is 0 Å². The minimum Gasteiger partial charge on any atom is -0.364 e. The molecule has 0 fully saturated rings. The summed E-state index contributed by atoms with van der Waals surface area (Å²) in [4.78, 5) is 52.7. The number of benzene rings is 2. The highest BCUT2D eigenvalue weighted by atomic mass is 16.5. The monoisotopic (exact) mass is 354 g/mol. The summed E-state index contributed by atoms with van der Waals surface area (Å²) in [7, 11) is 2.77. The van der Waals surface area contributed by atoms with Gasteiger partial charge in [0.1, 0.15) is 13.5 Å². The van der Waals surface area contributed by atoms with E-state index in [2.05, 4.69) is 0 Å². The number of amides is 4. The van der Waals surface area contributed by atoms with Crippen molar-refractivity contribution in [2.75, 3.05) is 27.7 Å². The summed E-state index contributed by atoms with van der Waals surface area (Å²) in [5, 5.41) is 0.669. The topological polar surface area (TPSA) is 93.2 Å². The lowest BCUT2D eigenvalue weighted by molar-refractivity contribution is 0.0325. The summed E-state index contributed by atoms with van der Waals surface area (Å²) in [5.41, 5.74) is 1.05. The molecule has 0 spiro atoms. The Morgan fingerprint density at radius 2 is 0.885 bits per heavy atom. The van der Waals surface area contributed by atoms with Gasteiger partial charge in [0.2, 0.25) is 0 Å². The first kappa shape index (κ1) is 16.4. The molecule has 132 valence electrons. The van der Waals surface area contributed by atoms with E-state index in [-0.39, 0.29) is 35.7 Å². The Bertz CT molecular complexity index is 861. The van der Waals surface area contributed by atoms with Gasteiger partial charge < -0.3 is 9.47 Å². The Morgan fingerprint density at radius 3 is 1.12 bits per heavy atom. The maximum atomic E-state index is 12.7. The van der Waals surface area contributed by atoms with Gasteiger partial charge in [0.15, 0.2) is 0 Å². The third kappa shape index (κ3) is 1.97. The molecule has 2 aromatic carbocycles. The van der Waals surface area contributed by atoms with Crippen LogP contribution in [0.5, 0.6) is 0 Å². The van der Waals surface area contributed by atoms with Crippen molar-refractivity contribution in [1.29, 1.82) is 0 Å². The molecule has 0 bridgehead atoms. The lowest BCUT2D eigenvalue weighted by atomic mass is 9.86. The van der Waals surface area contributed by atoms with Crippen LogP contribution in [0.4, 0.5) is 0 Å². The number of rotatable bonds is 4. The van der Waals surface area contributed by atoms with Crippen molar-refractivity contribution in [3.8, 4) is 0 Å². The number of imide groups is 2. The van der Waals surface area contributed by atoms with Gasteiger partial charge in [-0.1, -0.05) is 0 Å². The van der Waals surface area contributed by atoms with Gasteiger partial charge in [0.25, 0.3) is 23.6 Å². The first-order chi connectivity index (χ1) is 12.5. The van der Waals surface area contributed by atoms with Crippen LogP contribution < -0.4 is 0 Å². The van der Waals surface area contributed by atoms with E-state index in [9.17, 15) is 19.2 Å². The predicted molar refractivity (Wildman–Crippen MR) is 88.7 cm³/mol. The Labute approximate surface area is 147 Å². The van der Waals surface area contributed by atoms with Gasteiger partial charge in [-0.05, 0) is 24.3 Å². The maximum Gasteiger partial charge on any atom is 0.263 e. The standard InChI is InChI=1S/C18H14N2O6/c1-25-7-19-15(21)9-3-5-11-14-12(6-4-10(13(9)14)16(19)22)18(24)20(8-26-2)17(11)23/h3-6H,7-8H2,1-2H3. The van der Waals surface area contributed by atoms with Crippen molar-refractivity contribution in [3.05, 3.63) is 46.5 Å². The van der Waals surface area contributed by atoms with Crippen LogP contribution in [0.15, 0.2) is 24.3 Å². The zero-order valence-electron chi connectivity index (χ0n) is 14.1. The number of nitrogens with zero attached hydrogens (tertiary/aromatic N) is 2. The first-order valence-corrected chi connectivity index (χ1v) is 7.81. The normalized spacial score (nSPS) is 16.1. The van der Waals surface area contributed by atoms with Crippen molar-refractivity contribution in [1.82, 2.24) is 9.80 Å². The second-order valence-electron chi connectivity index (χ2n) is 5.98. The van der Waals surface area contributed by atoms with Crippen LogP contribution in [0, 0.1) is 0 Å². The number of ether oxygens (including phenoxy) is 2. The molecule has 26 heavy (non-hydrogen) atoms. The van der Waals surface area contributed by atoms with E-state index in [1.165, 1.54) is 38.5 Å². The smallest absolute Gasteiger partial charge is 0.263 e. The fourth-order valence-corrected chi connectivity index (χ4v) is 3.47. The van der Waals surface area contributed by atoms with Gasteiger partial charge in [-0.15, -0.1) is 0 Å². The van der Waals surface area contributed by atoms with Crippen LogP contribution in [0.25, 0.3) is 10.8 Å². The van der Waals surface area contributed by atoms with E-state index >= 15 is 0 Å². The Kier molecular flexibility index (Phi) is 3.60. The van der Waals surface area contributed by atoms with Crippen LogP contribution in [-0.2, 0) is 9.47 Å². The minimum atomic E-state index is -0.521. The molecule has 0 unspecified atom stereocenters. The molecule has 0 aromatic heterocycles. The fraction of sp³-hybridized carbons (Fsp3) is 0.222. The van der Waals surface area contributed by atoms with E-state index in [1.807, 2.05) is 0 Å². The molecule has 4 amide bonds. The number of methoxy groups -OCH3 is 2. The molecule has 0 aliphatic carbocycles. The molecule has 0 N–H and O–H groups in total. The van der Waals surface area contributed by atoms with Crippen molar-refractivity contribution in [2.45, 2.75) is 0 Å². The SMILES string of the molecule is COCN1C(=O)c2ccc3c4c(ccc(c24)C1=O)C(=O)N(COC)C3=O. The first-order valence-electron chi connectivity index (χ1n) is 7.81. The zero-order valence-corrected chi connectivity index (χ0v) is 14.1. The van der Waals surface area contributed by atoms with Gasteiger partial charge >= 0.3 is 0 Å². The average molecular weight is 354 g/mol. The maximum absolute atomic E-state index is 12.7. The highest BCUT2D eigenvalue weighted by Crippen LogP contribution is 2.37. The number of hydrogen-bond donors (Lipinski definition) is 0. The molecule has 2 aliphatic heterocycles.